The van der Waals surface area contributed by atoms with Gasteiger partial charge in [-0.1, -0.05) is 0 Å². The van der Waals surface area contributed by atoms with Gasteiger partial charge in [0.1, 0.15) is 0 Å². The predicted octanol–water partition coefficient (Wildman–Crippen LogP) is -0.266. The molecule has 110 valence electrons. The number of hydrogen-bond donors (Lipinski definition) is 4. The molecule has 0 radical (unpaired) electrons. The minimum Gasteiger partial charge on any atom is -0.399 e. The summed E-state index contributed by atoms with van der Waals surface area (Å²) in [6, 6.07) is 4.67. The molecule has 7 nitrogen and oxygen atoms in total. The molecule has 0 spiro atoms. The van der Waals surface area contributed by atoms with Gasteiger partial charge in [0.15, 0.2) is 0 Å². The van der Waals surface area contributed by atoms with Crippen LogP contribution in [0.5, 0.6) is 0 Å². The van der Waals surface area contributed by atoms with Crippen LogP contribution >= 0.6 is 0 Å². The minimum atomic E-state index is -0.327. The number of benzene rings is 1. The number of carbonyl (C=O) groups is 2. The van der Waals surface area contributed by atoms with Crippen LogP contribution in [0.1, 0.15) is 16.8 Å². The third kappa shape index (κ3) is 5.15. The summed E-state index contributed by atoms with van der Waals surface area (Å²) in [4.78, 5) is 23.2. The lowest BCUT2D eigenvalue weighted by Gasteiger charge is -2.08. The van der Waals surface area contributed by atoms with Crippen molar-refractivity contribution in [2.75, 3.05) is 38.3 Å². The number of nitrogens with one attached hydrogen (secondary N) is 2. The molecular weight excluding hydrogens is 260 g/mol. The molecule has 2 amide bonds. The van der Waals surface area contributed by atoms with Gasteiger partial charge in [-0.3, -0.25) is 9.59 Å². The van der Waals surface area contributed by atoms with E-state index in [2.05, 4.69) is 10.6 Å². The quantitative estimate of drug-likeness (QED) is 0.405. The SMILES string of the molecule is COCCNC(=O)CCNC(=O)c1ccc(N)cc1N. The summed E-state index contributed by atoms with van der Waals surface area (Å²) < 4.78 is 4.81. The average molecular weight is 280 g/mol. The topological polar surface area (TPSA) is 119 Å². The summed E-state index contributed by atoms with van der Waals surface area (Å²) in [5.74, 6) is -0.472. The molecule has 0 unspecified atom stereocenters. The Morgan fingerprint density at radius 3 is 2.60 bits per heavy atom. The Morgan fingerprint density at radius 1 is 1.20 bits per heavy atom. The number of amides is 2. The van der Waals surface area contributed by atoms with Crippen molar-refractivity contribution < 1.29 is 14.3 Å². The monoisotopic (exact) mass is 280 g/mol. The number of carbonyl (C=O) groups excluding carboxylic acids is 2. The van der Waals surface area contributed by atoms with Gasteiger partial charge < -0.3 is 26.8 Å². The number of hydrogen-bond acceptors (Lipinski definition) is 5. The Balaban J connectivity index is 2.34. The van der Waals surface area contributed by atoms with Gasteiger partial charge in [0.25, 0.3) is 5.91 Å². The summed E-state index contributed by atoms with van der Waals surface area (Å²) >= 11 is 0. The van der Waals surface area contributed by atoms with Crippen LogP contribution < -0.4 is 22.1 Å². The number of nitrogen functional groups attached to an aromatic ring is 2. The van der Waals surface area contributed by atoms with Gasteiger partial charge in [-0.25, -0.2) is 0 Å². The lowest BCUT2D eigenvalue weighted by molar-refractivity contribution is -0.121. The van der Waals surface area contributed by atoms with Crippen LogP contribution in [0.2, 0.25) is 0 Å². The molecule has 1 aromatic rings. The molecule has 1 rings (SSSR count). The Bertz CT molecular complexity index is 477. The second-order valence-electron chi connectivity index (χ2n) is 4.20. The molecule has 0 aliphatic rings. The van der Waals surface area contributed by atoms with Crippen molar-refractivity contribution in [1.82, 2.24) is 10.6 Å². The molecule has 0 aromatic heterocycles. The maximum Gasteiger partial charge on any atom is 0.253 e. The van der Waals surface area contributed by atoms with Crippen LogP contribution in [-0.2, 0) is 9.53 Å². The summed E-state index contributed by atoms with van der Waals surface area (Å²) in [5, 5.41) is 5.29. The van der Waals surface area contributed by atoms with Crippen molar-refractivity contribution in [3.8, 4) is 0 Å². The zero-order valence-electron chi connectivity index (χ0n) is 11.4. The number of anilines is 2. The molecular formula is C13H20N4O3. The molecule has 1 aromatic carbocycles. The Morgan fingerprint density at radius 2 is 1.95 bits per heavy atom. The van der Waals surface area contributed by atoms with Crippen LogP contribution in [0.3, 0.4) is 0 Å². The molecule has 0 aliphatic carbocycles. The second-order valence-corrected chi connectivity index (χ2v) is 4.20. The number of rotatable bonds is 7. The third-order valence-corrected chi connectivity index (χ3v) is 2.59. The van der Waals surface area contributed by atoms with Crippen molar-refractivity contribution in [3.63, 3.8) is 0 Å². The van der Waals surface area contributed by atoms with Crippen LogP contribution in [0.15, 0.2) is 18.2 Å². The van der Waals surface area contributed by atoms with Gasteiger partial charge in [-0.2, -0.15) is 0 Å². The Hall–Kier alpha value is -2.28. The Labute approximate surface area is 117 Å². The van der Waals surface area contributed by atoms with E-state index < -0.39 is 0 Å². The summed E-state index contributed by atoms with van der Waals surface area (Å²) in [7, 11) is 1.56. The van der Waals surface area contributed by atoms with E-state index in [4.69, 9.17) is 16.2 Å². The van der Waals surface area contributed by atoms with E-state index in [0.717, 1.165) is 0 Å². The van der Waals surface area contributed by atoms with E-state index in [-0.39, 0.29) is 24.8 Å². The van der Waals surface area contributed by atoms with Crippen molar-refractivity contribution in [2.24, 2.45) is 0 Å². The maximum absolute atomic E-state index is 11.8. The normalized spacial score (nSPS) is 10.1. The first-order chi connectivity index (χ1) is 9.54. The van der Waals surface area contributed by atoms with Gasteiger partial charge in [0.05, 0.1) is 12.2 Å². The van der Waals surface area contributed by atoms with Crippen molar-refractivity contribution in [2.45, 2.75) is 6.42 Å². The summed E-state index contributed by atoms with van der Waals surface area (Å²) in [6.07, 6.45) is 0.199. The van der Waals surface area contributed by atoms with E-state index in [9.17, 15) is 9.59 Å². The standard InChI is InChI=1S/C13H20N4O3/c1-20-7-6-16-12(18)4-5-17-13(19)10-3-2-9(14)8-11(10)15/h2-3,8H,4-7,14-15H2,1H3,(H,16,18)(H,17,19). The highest BCUT2D eigenvalue weighted by Gasteiger charge is 2.10. The summed E-state index contributed by atoms with van der Waals surface area (Å²) in [5.41, 5.74) is 12.4. The number of methoxy groups -OCH3 is 1. The second kappa shape index (κ2) is 8.00. The van der Waals surface area contributed by atoms with Gasteiger partial charge in [-0.15, -0.1) is 0 Å². The highest BCUT2D eigenvalue weighted by atomic mass is 16.5. The van der Waals surface area contributed by atoms with E-state index in [1.54, 1.807) is 19.2 Å². The average Bonchev–Trinajstić information content (AvgIpc) is 2.38. The van der Waals surface area contributed by atoms with E-state index in [1.807, 2.05) is 0 Å². The van der Waals surface area contributed by atoms with Gasteiger partial charge in [0, 0.05) is 38.0 Å². The molecule has 0 atom stereocenters. The highest BCUT2D eigenvalue weighted by Crippen LogP contribution is 2.15. The number of ether oxygens (including phenoxy) is 1. The van der Waals surface area contributed by atoms with Gasteiger partial charge in [0.2, 0.25) is 5.91 Å². The molecule has 0 saturated carbocycles. The molecule has 7 heteroatoms. The lowest BCUT2D eigenvalue weighted by atomic mass is 10.1. The van der Waals surface area contributed by atoms with Crippen molar-refractivity contribution in [1.29, 1.82) is 0 Å². The fourth-order valence-electron chi connectivity index (χ4n) is 1.55. The first-order valence-electron chi connectivity index (χ1n) is 6.23. The smallest absolute Gasteiger partial charge is 0.253 e. The molecule has 6 N–H and O–H groups in total. The molecule has 0 heterocycles. The lowest BCUT2D eigenvalue weighted by Crippen LogP contribution is -2.32. The van der Waals surface area contributed by atoms with Crippen LogP contribution in [0.25, 0.3) is 0 Å². The molecule has 0 aliphatic heterocycles. The minimum absolute atomic E-state index is 0.146. The first kappa shape index (κ1) is 15.8. The molecule has 0 fully saturated rings. The Kier molecular flexibility index (Phi) is 6.31. The molecule has 0 bridgehead atoms. The predicted molar refractivity (Wildman–Crippen MR) is 77.1 cm³/mol. The zero-order valence-corrected chi connectivity index (χ0v) is 11.4. The first-order valence-corrected chi connectivity index (χ1v) is 6.23. The van der Waals surface area contributed by atoms with Crippen LogP contribution in [0, 0.1) is 0 Å². The van der Waals surface area contributed by atoms with Crippen molar-refractivity contribution in [3.05, 3.63) is 23.8 Å². The summed E-state index contributed by atoms with van der Waals surface area (Å²) in [6.45, 7) is 1.15. The number of nitrogens with two attached hydrogens (primary N) is 2. The highest BCUT2D eigenvalue weighted by molar-refractivity contribution is 5.99. The van der Waals surface area contributed by atoms with E-state index in [0.29, 0.717) is 30.1 Å². The molecule has 20 heavy (non-hydrogen) atoms. The third-order valence-electron chi connectivity index (χ3n) is 2.59. The van der Waals surface area contributed by atoms with Crippen LogP contribution in [0.4, 0.5) is 11.4 Å². The van der Waals surface area contributed by atoms with E-state index in [1.165, 1.54) is 6.07 Å². The maximum atomic E-state index is 11.8. The molecule has 0 saturated heterocycles. The van der Waals surface area contributed by atoms with Crippen molar-refractivity contribution >= 4 is 23.2 Å². The van der Waals surface area contributed by atoms with Gasteiger partial charge in [-0.05, 0) is 18.2 Å². The fourth-order valence-corrected chi connectivity index (χ4v) is 1.55. The fraction of sp³-hybridized carbons (Fsp3) is 0.385. The zero-order chi connectivity index (χ0) is 15.0. The largest absolute Gasteiger partial charge is 0.399 e. The van der Waals surface area contributed by atoms with Crippen LogP contribution in [-0.4, -0.2) is 38.6 Å². The van der Waals surface area contributed by atoms with Gasteiger partial charge >= 0.3 is 0 Å². The van der Waals surface area contributed by atoms with E-state index >= 15 is 0 Å².